The lowest BCUT2D eigenvalue weighted by Gasteiger charge is -2.08. The molecule has 2 aromatic rings. The van der Waals surface area contributed by atoms with Crippen molar-refractivity contribution in [2.75, 3.05) is 7.11 Å². The topological polar surface area (TPSA) is 107 Å². The van der Waals surface area contributed by atoms with Crippen LogP contribution in [0.25, 0.3) is 0 Å². The van der Waals surface area contributed by atoms with Crippen LogP contribution in [0.3, 0.4) is 0 Å². The maximum atomic E-state index is 11.9. The lowest BCUT2D eigenvalue weighted by atomic mass is 10.1. The predicted octanol–water partition coefficient (Wildman–Crippen LogP) is 3.21. The van der Waals surface area contributed by atoms with Crippen molar-refractivity contribution < 1.29 is 30.0 Å². The molecular weight excluding hydrogens is 336 g/mol. The molecule has 2 aromatic carbocycles. The van der Waals surface area contributed by atoms with E-state index in [1.165, 1.54) is 31.4 Å². The Morgan fingerprint density at radius 3 is 2.38 bits per heavy atom. The lowest BCUT2D eigenvalue weighted by Crippen LogP contribution is -1.97. The number of ether oxygens (including phenoxy) is 1. The van der Waals surface area contributed by atoms with Crippen molar-refractivity contribution in [3.8, 4) is 28.7 Å². The third-order valence-corrected chi connectivity index (χ3v) is 3.94. The third-order valence-electron chi connectivity index (χ3n) is 3.94. The molecule has 6 heteroatoms. The van der Waals surface area contributed by atoms with Crippen LogP contribution in [0.1, 0.15) is 24.0 Å². The summed E-state index contributed by atoms with van der Waals surface area (Å²) in [5.74, 6) is -0.793. The largest absolute Gasteiger partial charge is 0.504 e. The first-order chi connectivity index (χ1) is 12.4. The number of hydrogen-bond acceptors (Lipinski definition) is 6. The fourth-order valence-corrected chi connectivity index (χ4v) is 2.49. The monoisotopic (exact) mass is 358 g/mol. The zero-order valence-corrected chi connectivity index (χ0v) is 14.5. The molecule has 4 N–H and O–H groups in total. The maximum absolute atomic E-state index is 11.9. The maximum Gasteiger partial charge on any atom is 0.200 e. The number of carbonyl (C=O) groups is 1. The predicted molar refractivity (Wildman–Crippen MR) is 96.9 cm³/mol. The SMILES string of the molecule is COc1cc(CCC(=O)/C=C/CCc2ccc(O)c(O)c2)cc(O)c1O. The van der Waals surface area contributed by atoms with Gasteiger partial charge in [-0.3, -0.25) is 4.79 Å². The van der Waals surface area contributed by atoms with E-state index in [0.717, 1.165) is 5.56 Å². The number of carbonyl (C=O) groups excluding carboxylic acids is 1. The number of hydrogen-bond donors (Lipinski definition) is 4. The first-order valence-corrected chi connectivity index (χ1v) is 8.19. The Kier molecular flexibility index (Phi) is 6.49. The number of allylic oxidation sites excluding steroid dienone is 2. The molecule has 6 nitrogen and oxygen atoms in total. The van der Waals surface area contributed by atoms with E-state index >= 15 is 0 Å². The second-order valence-corrected chi connectivity index (χ2v) is 5.90. The standard InChI is InChI=1S/C20H22O6/c1-26-19-12-14(11-18(24)20(19)25)6-8-15(21)5-3-2-4-13-7-9-16(22)17(23)10-13/h3,5,7,9-12,22-25H,2,4,6,8H2,1H3/b5-3+. The van der Waals surface area contributed by atoms with Crippen LogP contribution in [-0.2, 0) is 17.6 Å². The van der Waals surface area contributed by atoms with Crippen molar-refractivity contribution in [2.45, 2.75) is 25.7 Å². The highest BCUT2D eigenvalue weighted by Crippen LogP contribution is 2.36. The summed E-state index contributed by atoms with van der Waals surface area (Å²) in [6.07, 6.45) is 5.23. The van der Waals surface area contributed by atoms with Gasteiger partial charge in [0.05, 0.1) is 7.11 Å². The second-order valence-electron chi connectivity index (χ2n) is 5.90. The first kappa shape index (κ1) is 19.2. The lowest BCUT2D eigenvalue weighted by molar-refractivity contribution is -0.114. The molecule has 0 amide bonds. The van der Waals surface area contributed by atoms with Gasteiger partial charge in [-0.2, -0.15) is 0 Å². The Hall–Kier alpha value is -3.15. The molecule has 0 unspecified atom stereocenters. The van der Waals surface area contributed by atoms with Crippen molar-refractivity contribution in [2.24, 2.45) is 0 Å². The number of phenolic OH excluding ortho intramolecular Hbond substituents is 4. The van der Waals surface area contributed by atoms with Gasteiger partial charge in [-0.05, 0) is 60.7 Å². The van der Waals surface area contributed by atoms with Crippen LogP contribution in [0.4, 0.5) is 0 Å². The average molecular weight is 358 g/mol. The van der Waals surface area contributed by atoms with E-state index in [0.29, 0.717) is 24.8 Å². The molecule has 0 heterocycles. The molecule has 0 aliphatic heterocycles. The first-order valence-electron chi connectivity index (χ1n) is 8.19. The summed E-state index contributed by atoms with van der Waals surface area (Å²) in [6.45, 7) is 0. The molecule has 0 aromatic heterocycles. The highest BCUT2D eigenvalue weighted by atomic mass is 16.5. The number of ketones is 1. The van der Waals surface area contributed by atoms with Crippen molar-refractivity contribution in [1.29, 1.82) is 0 Å². The van der Waals surface area contributed by atoms with Gasteiger partial charge in [-0.25, -0.2) is 0 Å². The molecule has 0 aliphatic rings. The Balaban J connectivity index is 1.82. The fraction of sp³-hybridized carbons (Fsp3) is 0.250. The highest BCUT2D eigenvalue weighted by Gasteiger charge is 2.10. The number of rotatable bonds is 8. The average Bonchev–Trinajstić information content (AvgIpc) is 2.62. The Bertz CT molecular complexity index is 810. The summed E-state index contributed by atoms with van der Waals surface area (Å²) < 4.78 is 4.97. The number of benzene rings is 2. The van der Waals surface area contributed by atoms with Gasteiger partial charge in [0.1, 0.15) is 0 Å². The zero-order chi connectivity index (χ0) is 19.1. The van der Waals surface area contributed by atoms with Crippen molar-refractivity contribution in [3.63, 3.8) is 0 Å². The van der Waals surface area contributed by atoms with Crippen LogP contribution < -0.4 is 4.74 Å². The van der Waals surface area contributed by atoms with E-state index in [-0.39, 0.29) is 41.0 Å². The van der Waals surface area contributed by atoms with E-state index in [1.807, 2.05) is 0 Å². The minimum absolute atomic E-state index is 0.0508. The molecule has 0 spiro atoms. The van der Waals surface area contributed by atoms with E-state index in [2.05, 4.69) is 0 Å². The summed E-state index contributed by atoms with van der Waals surface area (Å²) in [7, 11) is 1.39. The second kappa shape index (κ2) is 8.80. The zero-order valence-electron chi connectivity index (χ0n) is 14.5. The molecule has 2 rings (SSSR count). The highest BCUT2D eigenvalue weighted by molar-refractivity contribution is 5.89. The van der Waals surface area contributed by atoms with Gasteiger partial charge in [-0.15, -0.1) is 0 Å². The van der Waals surface area contributed by atoms with E-state index in [9.17, 15) is 25.2 Å². The molecule has 0 atom stereocenters. The minimum Gasteiger partial charge on any atom is -0.504 e. The normalized spacial score (nSPS) is 11.0. The van der Waals surface area contributed by atoms with Crippen LogP contribution in [0.2, 0.25) is 0 Å². The van der Waals surface area contributed by atoms with Crippen LogP contribution in [0.5, 0.6) is 28.7 Å². The summed E-state index contributed by atoms with van der Waals surface area (Å²) in [4.78, 5) is 11.9. The van der Waals surface area contributed by atoms with Crippen molar-refractivity contribution in [1.82, 2.24) is 0 Å². The van der Waals surface area contributed by atoms with Crippen LogP contribution in [0.15, 0.2) is 42.5 Å². The molecule has 0 saturated carbocycles. The smallest absolute Gasteiger partial charge is 0.200 e. The summed E-state index contributed by atoms with van der Waals surface area (Å²) >= 11 is 0. The van der Waals surface area contributed by atoms with Crippen molar-refractivity contribution in [3.05, 3.63) is 53.6 Å². The van der Waals surface area contributed by atoms with Crippen molar-refractivity contribution >= 4 is 5.78 Å². The quantitative estimate of drug-likeness (QED) is 0.426. The van der Waals surface area contributed by atoms with E-state index < -0.39 is 0 Å². The van der Waals surface area contributed by atoms with Gasteiger partial charge < -0.3 is 25.2 Å². The fourth-order valence-electron chi connectivity index (χ4n) is 2.49. The molecule has 0 fully saturated rings. The van der Waals surface area contributed by atoms with Gasteiger partial charge in [-0.1, -0.05) is 12.1 Å². The Morgan fingerprint density at radius 2 is 1.69 bits per heavy atom. The molecule has 0 saturated heterocycles. The molecule has 0 bridgehead atoms. The van der Waals surface area contributed by atoms with E-state index in [4.69, 9.17) is 4.74 Å². The number of methoxy groups -OCH3 is 1. The molecule has 0 aliphatic carbocycles. The molecule has 0 radical (unpaired) electrons. The molecule has 138 valence electrons. The van der Waals surface area contributed by atoms with Gasteiger partial charge >= 0.3 is 0 Å². The Labute approximate surface area is 151 Å². The van der Waals surface area contributed by atoms with Crippen LogP contribution in [-0.4, -0.2) is 33.3 Å². The van der Waals surface area contributed by atoms with Crippen LogP contribution >= 0.6 is 0 Å². The summed E-state index contributed by atoms with van der Waals surface area (Å²) in [5, 5.41) is 37.9. The number of aryl methyl sites for hydroxylation is 2. The van der Waals surface area contributed by atoms with Gasteiger partial charge in [0.2, 0.25) is 5.75 Å². The third kappa shape index (κ3) is 5.17. The summed E-state index contributed by atoms with van der Waals surface area (Å²) in [6, 6.07) is 7.64. The van der Waals surface area contributed by atoms with Gasteiger partial charge in [0.15, 0.2) is 28.8 Å². The number of phenols is 4. The minimum atomic E-state index is -0.317. The van der Waals surface area contributed by atoms with Gasteiger partial charge in [0.25, 0.3) is 0 Å². The number of aromatic hydroxyl groups is 4. The summed E-state index contributed by atoms with van der Waals surface area (Å²) in [5.41, 5.74) is 1.56. The molecule has 26 heavy (non-hydrogen) atoms. The van der Waals surface area contributed by atoms with Crippen LogP contribution in [0, 0.1) is 0 Å². The Morgan fingerprint density at radius 1 is 0.962 bits per heavy atom. The van der Waals surface area contributed by atoms with E-state index in [1.54, 1.807) is 18.2 Å². The van der Waals surface area contributed by atoms with Gasteiger partial charge in [0, 0.05) is 6.42 Å². The molecular formula is C20H22O6.